The molecule has 1 aromatic rings. The first-order chi connectivity index (χ1) is 11.8. The van der Waals surface area contributed by atoms with E-state index in [4.69, 9.17) is 4.74 Å². The molecule has 0 aliphatic carbocycles. The van der Waals surface area contributed by atoms with Crippen LogP contribution in [0.3, 0.4) is 0 Å². The summed E-state index contributed by atoms with van der Waals surface area (Å²) >= 11 is 0. The lowest BCUT2D eigenvalue weighted by atomic mass is 9.98. The van der Waals surface area contributed by atoms with Crippen molar-refractivity contribution in [1.82, 2.24) is 4.31 Å². The summed E-state index contributed by atoms with van der Waals surface area (Å²) in [5.74, 6) is -0.378. The van der Waals surface area contributed by atoms with Gasteiger partial charge in [-0.3, -0.25) is 4.79 Å². The van der Waals surface area contributed by atoms with Gasteiger partial charge in [0.05, 0.1) is 17.4 Å². The molecular weight excluding hydrogens is 338 g/mol. The number of carbonyl (C=O) groups excluding carboxylic acids is 1. The summed E-state index contributed by atoms with van der Waals surface area (Å²) < 4.78 is 32.9. The monoisotopic (exact) mass is 367 g/mol. The topological polar surface area (TPSA) is 63.7 Å². The molecule has 6 heteroatoms. The van der Waals surface area contributed by atoms with Crippen LogP contribution in [0.2, 0.25) is 0 Å². The number of carbonyl (C=O) groups is 1. The molecule has 0 atom stereocenters. The third kappa shape index (κ3) is 4.61. The van der Waals surface area contributed by atoms with Gasteiger partial charge in [0, 0.05) is 13.1 Å². The fraction of sp³-hybridized carbons (Fsp3) is 0.632. The lowest BCUT2D eigenvalue weighted by Gasteiger charge is -2.31. The van der Waals surface area contributed by atoms with Crippen LogP contribution in [0.25, 0.3) is 0 Å². The highest BCUT2D eigenvalue weighted by Gasteiger charge is 2.34. The van der Waals surface area contributed by atoms with Gasteiger partial charge in [-0.05, 0) is 51.2 Å². The lowest BCUT2D eigenvalue weighted by molar-refractivity contribution is -0.149. The summed E-state index contributed by atoms with van der Waals surface area (Å²) in [5.41, 5.74) is 2.61. The lowest BCUT2D eigenvalue weighted by Crippen LogP contribution is -2.41. The molecule has 1 saturated heterocycles. The van der Waals surface area contributed by atoms with Crippen LogP contribution in [0, 0.1) is 26.7 Å². The maximum absolute atomic E-state index is 13.0. The minimum atomic E-state index is -3.53. The average Bonchev–Trinajstić information content (AvgIpc) is 2.54. The van der Waals surface area contributed by atoms with Crippen molar-refractivity contribution < 1.29 is 17.9 Å². The molecule has 25 heavy (non-hydrogen) atoms. The van der Waals surface area contributed by atoms with Gasteiger partial charge >= 0.3 is 5.97 Å². The Hall–Kier alpha value is -1.40. The molecule has 0 saturated carbocycles. The van der Waals surface area contributed by atoms with Crippen molar-refractivity contribution in [2.45, 2.75) is 58.3 Å². The molecule has 0 aromatic heterocycles. The predicted molar refractivity (Wildman–Crippen MR) is 98.0 cm³/mol. The largest absolute Gasteiger partial charge is 0.465 e. The van der Waals surface area contributed by atoms with Gasteiger partial charge < -0.3 is 4.74 Å². The zero-order valence-electron chi connectivity index (χ0n) is 15.7. The van der Waals surface area contributed by atoms with E-state index >= 15 is 0 Å². The highest BCUT2D eigenvalue weighted by molar-refractivity contribution is 7.89. The van der Waals surface area contributed by atoms with Gasteiger partial charge in [-0.25, -0.2) is 8.42 Å². The van der Waals surface area contributed by atoms with Gasteiger partial charge in [0.1, 0.15) is 0 Å². The van der Waals surface area contributed by atoms with Crippen LogP contribution in [0.4, 0.5) is 0 Å². The number of sulfonamides is 1. The molecule has 0 amide bonds. The van der Waals surface area contributed by atoms with Gasteiger partial charge in [-0.2, -0.15) is 4.31 Å². The minimum Gasteiger partial charge on any atom is -0.465 e. The first kappa shape index (κ1) is 19.9. The number of hydrogen-bond acceptors (Lipinski definition) is 4. The normalized spacial score (nSPS) is 16.8. The van der Waals surface area contributed by atoms with Crippen LogP contribution in [-0.4, -0.2) is 38.4 Å². The van der Waals surface area contributed by atoms with Gasteiger partial charge in [-0.15, -0.1) is 0 Å². The predicted octanol–water partition coefficient (Wildman–Crippen LogP) is 3.36. The van der Waals surface area contributed by atoms with Gasteiger partial charge in [0.25, 0.3) is 0 Å². The van der Waals surface area contributed by atoms with Crippen molar-refractivity contribution in [3.8, 4) is 0 Å². The average molecular weight is 368 g/mol. The molecular formula is C19H29NO4S. The maximum Gasteiger partial charge on any atom is 0.309 e. The van der Waals surface area contributed by atoms with Crippen LogP contribution in [0.15, 0.2) is 17.0 Å². The number of aryl methyl sites for hydroxylation is 3. The molecule has 2 rings (SSSR count). The molecule has 0 bridgehead atoms. The Morgan fingerprint density at radius 3 is 2.24 bits per heavy atom. The molecule has 0 radical (unpaired) electrons. The van der Waals surface area contributed by atoms with Crippen LogP contribution in [0.1, 0.15) is 49.3 Å². The first-order valence-electron chi connectivity index (χ1n) is 9.02. The van der Waals surface area contributed by atoms with Gasteiger partial charge in [0.2, 0.25) is 10.0 Å². The summed E-state index contributed by atoms with van der Waals surface area (Å²) in [6.45, 7) is 8.87. The fourth-order valence-electron chi connectivity index (χ4n) is 3.47. The van der Waals surface area contributed by atoms with Crippen LogP contribution in [0.5, 0.6) is 0 Å². The third-order valence-electron chi connectivity index (χ3n) is 4.73. The van der Waals surface area contributed by atoms with Crippen molar-refractivity contribution in [2.75, 3.05) is 19.7 Å². The van der Waals surface area contributed by atoms with E-state index in [0.29, 0.717) is 37.4 Å². The van der Waals surface area contributed by atoms with Crippen molar-refractivity contribution in [3.63, 3.8) is 0 Å². The molecule has 1 aliphatic rings. The van der Waals surface area contributed by atoms with Crippen LogP contribution < -0.4 is 0 Å². The highest BCUT2D eigenvalue weighted by Crippen LogP contribution is 2.29. The third-order valence-corrected chi connectivity index (χ3v) is 6.94. The smallest absolute Gasteiger partial charge is 0.309 e. The number of rotatable bonds is 6. The summed E-state index contributed by atoms with van der Waals surface area (Å²) in [5, 5.41) is 0. The fourth-order valence-corrected chi connectivity index (χ4v) is 5.35. The molecule has 1 aromatic carbocycles. The molecule has 1 heterocycles. The zero-order valence-corrected chi connectivity index (χ0v) is 16.5. The number of nitrogens with zero attached hydrogens (tertiary/aromatic N) is 1. The minimum absolute atomic E-state index is 0.187. The second-order valence-corrected chi connectivity index (χ2v) is 8.80. The van der Waals surface area contributed by atoms with Crippen LogP contribution in [-0.2, 0) is 19.6 Å². The highest BCUT2D eigenvalue weighted by atomic mass is 32.2. The van der Waals surface area contributed by atoms with Crippen molar-refractivity contribution in [1.29, 1.82) is 0 Å². The quantitative estimate of drug-likeness (QED) is 0.571. The number of benzene rings is 1. The maximum atomic E-state index is 13.0. The summed E-state index contributed by atoms with van der Waals surface area (Å²) in [6, 6.07) is 3.80. The summed E-state index contributed by atoms with van der Waals surface area (Å²) in [4.78, 5) is 12.5. The second kappa shape index (κ2) is 8.32. The number of esters is 1. The number of unbranched alkanes of at least 4 members (excludes halogenated alkanes) is 1. The van der Waals surface area contributed by atoms with E-state index in [0.717, 1.165) is 29.5 Å². The summed E-state index contributed by atoms with van der Waals surface area (Å²) in [6.07, 6.45) is 2.90. The molecule has 0 unspecified atom stereocenters. The van der Waals surface area contributed by atoms with E-state index in [2.05, 4.69) is 0 Å². The Kier molecular flexibility index (Phi) is 6.63. The molecule has 0 N–H and O–H groups in total. The molecule has 1 fully saturated rings. The molecule has 140 valence electrons. The summed E-state index contributed by atoms with van der Waals surface area (Å²) in [7, 11) is -3.53. The van der Waals surface area contributed by atoms with E-state index in [9.17, 15) is 13.2 Å². The Labute approximate surface area is 151 Å². The van der Waals surface area contributed by atoms with E-state index in [1.165, 1.54) is 4.31 Å². The van der Waals surface area contributed by atoms with E-state index in [-0.39, 0.29) is 11.9 Å². The molecule has 1 aliphatic heterocycles. The number of ether oxygens (including phenoxy) is 1. The Balaban J connectivity index is 2.06. The van der Waals surface area contributed by atoms with Crippen molar-refractivity contribution >= 4 is 16.0 Å². The standard InChI is InChI=1S/C19H29NO4S/c1-5-6-11-24-19(21)17-7-9-20(10-8-17)25(22,23)18-15(3)12-14(2)13-16(18)4/h12-13,17H,5-11H2,1-4H3. The van der Waals surface area contributed by atoms with Crippen molar-refractivity contribution in [2.24, 2.45) is 5.92 Å². The molecule has 5 nitrogen and oxygen atoms in total. The Bertz CT molecular complexity index is 696. The Morgan fingerprint density at radius 1 is 1.16 bits per heavy atom. The zero-order chi connectivity index (χ0) is 18.6. The first-order valence-corrected chi connectivity index (χ1v) is 10.5. The SMILES string of the molecule is CCCCOC(=O)C1CCN(S(=O)(=O)c2c(C)cc(C)cc2C)CC1. The van der Waals surface area contributed by atoms with Gasteiger partial charge in [0.15, 0.2) is 0 Å². The van der Waals surface area contributed by atoms with Gasteiger partial charge in [-0.1, -0.05) is 31.0 Å². The number of piperidine rings is 1. The molecule has 0 spiro atoms. The Morgan fingerprint density at radius 2 is 1.72 bits per heavy atom. The van der Waals surface area contributed by atoms with E-state index < -0.39 is 10.0 Å². The van der Waals surface area contributed by atoms with E-state index in [1.807, 2.05) is 39.8 Å². The van der Waals surface area contributed by atoms with Crippen molar-refractivity contribution in [3.05, 3.63) is 28.8 Å². The van der Waals surface area contributed by atoms with E-state index in [1.54, 1.807) is 0 Å². The number of hydrogen-bond donors (Lipinski definition) is 0. The van der Waals surface area contributed by atoms with Crippen LogP contribution >= 0.6 is 0 Å². The second-order valence-electron chi connectivity index (χ2n) is 6.93.